The van der Waals surface area contributed by atoms with Crippen molar-refractivity contribution in [1.29, 1.82) is 0 Å². The zero-order valence-electron chi connectivity index (χ0n) is 12.2. The molecule has 0 heterocycles. The lowest BCUT2D eigenvalue weighted by atomic mass is 10.4. The summed E-state index contributed by atoms with van der Waals surface area (Å²) in [7, 11) is -3.19. The fourth-order valence-electron chi connectivity index (χ4n) is 0.707. The molecular formula is C13H24Cl2O2S. The third-order valence-electron chi connectivity index (χ3n) is 1.32. The van der Waals surface area contributed by atoms with Gasteiger partial charge in [-0.1, -0.05) is 64.7 Å². The lowest BCUT2D eigenvalue weighted by molar-refractivity contribution is 0.602. The predicted octanol–water partition coefficient (Wildman–Crippen LogP) is 5.48. The van der Waals surface area contributed by atoms with E-state index in [0.717, 1.165) is 6.26 Å². The van der Waals surface area contributed by atoms with Crippen LogP contribution in [0.5, 0.6) is 0 Å². The number of sulfone groups is 1. The molecule has 108 valence electrons. The van der Waals surface area contributed by atoms with Gasteiger partial charge in [0.25, 0.3) is 0 Å². The molecule has 0 aromatic heterocycles. The van der Waals surface area contributed by atoms with Crippen molar-refractivity contribution in [2.24, 2.45) is 0 Å². The highest BCUT2D eigenvalue weighted by molar-refractivity contribution is 7.90. The highest BCUT2D eigenvalue weighted by Gasteiger charge is 2.08. The van der Waals surface area contributed by atoms with Gasteiger partial charge in [-0.3, -0.25) is 0 Å². The molecule has 0 bridgehead atoms. The van der Waals surface area contributed by atoms with Gasteiger partial charge in [0.1, 0.15) is 0 Å². The summed E-state index contributed by atoms with van der Waals surface area (Å²) in [5, 5.41) is 0.601. The molecule has 1 aromatic rings. The van der Waals surface area contributed by atoms with Crippen molar-refractivity contribution in [3.8, 4) is 0 Å². The topological polar surface area (TPSA) is 34.1 Å². The first kappa shape index (κ1) is 22.9. The fourth-order valence-corrected chi connectivity index (χ4v) is 1.72. The average Bonchev–Trinajstić information content (AvgIpc) is 2.39. The van der Waals surface area contributed by atoms with Crippen molar-refractivity contribution < 1.29 is 8.42 Å². The first-order chi connectivity index (χ1) is 8.41. The number of halogens is 2. The Morgan fingerprint density at radius 3 is 1.50 bits per heavy atom. The molecule has 0 unspecified atom stereocenters. The summed E-state index contributed by atoms with van der Waals surface area (Å²) in [5.74, 6) is 0. The summed E-state index contributed by atoms with van der Waals surface area (Å²) < 4.78 is 22.0. The van der Waals surface area contributed by atoms with E-state index in [0.29, 0.717) is 5.02 Å². The van der Waals surface area contributed by atoms with Gasteiger partial charge in [0.15, 0.2) is 9.84 Å². The lowest BCUT2D eigenvalue weighted by Crippen LogP contribution is -1.96. The normalized spacial score (nSPS) is 8.72. The van der Waals surface area contributed by atoms with Gasteiger partial charge < -0.3 is 0 Å². The molecule has 0 N–H and O–H groups in total. The molecular weight excluding hydrogens is 291 g/mol. The summed E-state index contributed by atoms with van der Waals surface area (Å²) in [6.07, 6.45) is 1.12. The Hall–Kier alpha value is -0.250. The molecule has 0 saturated carbocycles. The zero-order chi connectivity index (χ0) is 15.4. The van der Waals surface area contributed by atoms with E-state index in [2.05, 4.69) is 0 Å². The van der Waals surface area contributed by atoms with Gasteiger partial charge in [0, 0.05) is 6.26 Å². The Balaban J connectivity index is -0.000000328. The summed E-state index contributed by atoms with van der Waals surface area (Å²) in [6.45, 7) is 12.0. The Morgan fingerprint density at radius 1 is 0.833 bits per heavy atom. The van der Waals surface area contributed by atoms with E-state index in [1.165, 1.54) is 18.2 Å². The number of benzene rings is 1. The van der Waals surface area contributed by atoms with Crippen molar-refractivity contribution in [3.63, 3.8) is 0 Å². The quantitative estimate of drug-likeness (QED) is 0.688. The van der Waals surface area contributed by atoms with Gasteiger partial charge >= 0.3 is 0 Å². The minimum absolute atomic E-state index is 0.178. The third-order valence-corrected chi connectivity index (χ3v) is 3.17. The second kappa shape index (κ2) is 13.2. The van der Waals surface area contributed by atoms with E-state index < -0.39 is 9.84 Å². The number of rotatable bonds is 1. The van der Waals surface area contributed by atoms with Crippen LogP contribution < -0.4 is 0 Å². The van der Waals surface area contributed by atoms with Crippen LogP contribution in [0.15, 0.2) is 23.1 Å². The first-order valence-electron chi connectivity index (χ1n) is 6.06. The van der Waals surface area contributed by atoms with Crippen LogP contribution in [0.4, 0.5) is 0 Å². The van der Waals surface area contributed by atoms with Crippen LogP contribution in [0.2, 0.25) is 10.0 Å². The third kappa shape index (κ3) is 9.75. The Bertz CT molecular complexity index is 401. The van der Waals surface area contributed by atoms with Crippen molar-refractivity contribution >= 4 is 33.0 Å². The van der Waals surface area contributed by atoms with E-state index in [-0.39, 0.29) is 9.92 Å². The standard InChI is InChI=1S/C7H6Cl2O2S.3C2H6/c1-12(10,11)5-2-3-6(8)7(9)4-5;3*1-2/h2-4H,1H3;3*1-2H3. The molecule has 0 spiro atoms. The summed E-state index contributed by atoms with van der Waals surface area (Å²) in [5.41, 5.74) is 0. The van der Waals surface area contributed by atoms with Crippen LogP contribution in [0.1, 0.15) is 41.5 Å². The van der Waals surface area contributed by atoms with Gasteiger partial charge in [-0.05, 0) is 18.2 Å². The van der Waals surface area contributed by atoms with E-state index in [9.17, 15) is 8.42 Å². The van der Waals surface area contributed by atoms with Gasteiger partial charge in [-0.25, -0.2) is 8.42 Å². The summed E-state index contributed by atoms with van der Waals surface area (Å²) in [4.78, 5) is 0.178. The van der Waals surface area contributed by atoms with Gasteiger partial charge in [0.2, 0.25) is 0 Å². The summed E-state index contributed by atoms with van der Waals surface area (Å²) in [6, 6.07) is 4.21. The second-order valence-corrected chi connectivity index (χ2v) is 5.18. The SMILES string of the molecule is CC.CC.CC.CS(=O)(=O)c1ccc(Cl)c(Cl)c1. The van der Waals surface area contributed by atoms with Crippen LogP contribution in [-0.2, 0) is 9.84 Å². The molecule has 2 nitrogen and oxygen atoms in total. The highest BCUT2D eigenvalue weighted by Crippen LogP contribution is 2.24. The van der Waals surface area contributed by atoms with Crippen LogP contribution in [-0.4, -0.2) is 14.7 Å². The van der Waals surface area contributed by atoms with Gasteiger partial charge in [-0.2, -0.15) is 0 Å². The van der Waals surface area contributed by atoms with E-state index in [1.807, 2.05) is 41.5 Å². The maximum absolute atomic E-state index is 11.0. The number of hydrogen-bond donors (Lipinski definition) is 0. The Labute approximate surface area is 122 Å². The Morgan fingerprint density at radius 2 is 1.22 bits per heavy atom. The maximum atomic E-state index is 11.0. The zero-order valence-corrected chi connectivity index (χ0v) is 14.5. The fraction of sp³-hybridized carbons (Fsp3) is 0.538. The molecule has 0 radical (unpaired) electrons. The smallest absolute Gasteiger partial charge is 0.175 e. The van der Waals surface area contributed by atoms with Crippen molar-refractivity contribution in [1.82, 2.24) is 0 Å². The van der Waals surface area contributed by atoms with E-state index >= 15 is 0 Å². The van der Waals surface area contributed by atoms with Crippen molar-refractivity contribution in [2.75, 3.05) is 6.26 Å². The highest BCUT2D eigenvalue weighted by atomic mass is 35.5. The predicted molar refractivity (Wildman–Crippen MR) is 83.6 cm³/mol. The Kier molecular flexibility index (Phi) is 16.8. The van der Waals surface area contributed by atoms with Crippen LogP contribution in [0, 0.1) is 0 Å². The molecule has 0 fully saturated rings. The van der Waals surface area contributed by atoms with E-state index in [4.69, 9.17) is 23.2 Å². The number of hydrogen-bond acceptors (Lipinski definition) is 2. The van der Waals surface area contributed by atoms with Crippen LogP contribution >= 0.6 is 23.2 Å². The molecule has 0 amide bonds. The molecule has 0 aliphatic rings. The van der Waals surface area contributed by atoms with Crippen LogP contribution in [0.3, 0.4) is 0 Å². The molecule has 0 aliphatic carbocycles. The van der Waals surface area contributed by atoms with E-state index in [1.54, 1.807) is 0 Å². The van der Waals surface area contributed by atoms with Crippen molar-refractivity contribution in [2.45, 2.75) is 46.4 Å². The van der Waals surface area contributed by atoms with Gasteiger partial charge in [0.05, 0.1) is 14.9 Å². The molecule has 18 heavy (non-hydrogen) atoms. The summed E-state index contributed by atoms with van der Waals surface area (Å²) >= 11 is 11.2. The maximum Gasteiger partial charge on any atom is 0.175 e. The molecule has 1 aromatic carbocycles. The molecule has 0 saturated heterocycles. The first-order valence-corrected chi connectivity index (χ1v) is 8.71. The molecule has 1 rings (SSSR count). The minimum atomic E-state index is -3.19. The largest absolute Gasteiger partial charge is 0.224 e. The lowest BCUT2D eigenvalue weighted by Gasteiger charge is -1.99. The average molecular weight is 315 g/mol. The molecule has 0 aliphatic heterocycles. The molecule has 5 heteroatoms. The molecule has 0 atom stereocenters. The minimum Gasteiger partial charge on any atom is -0.224 e. The van der Waals surface area contributed by atoms with Crippen molar-refractivity contribution in [3.05, 3.63) is 28.2 Å². The second-order valence-electron chi connectivity index (χ2n) is 2.35. The van der Waals surface area contributed by atoms with Gasteiger partial charge in [-0.15, -0.1) is 0 Å². The monoisotopic (exact) mass is 314 g/mol. The van der Waals surface area contributed by atoms with Crippen LogP contribution in [0.25, 0.3) is 0 Å².